The number of nitrogens with one attached hydrogen (secondary N) is 2. The lowest BCUT2D eigenvalue weighted by atomic mass is 10.0. The van der Waals surface area contributed by atoms with Gasteiger partial charge in [-0.25, -0.2) is 4.79 Å². The van der Waals surface area contributed by atoms with Gasteiger partial charge in [-0.3, -0.25) is 0 Å². The minimum Gasteiger partial charge on any atom is -0.496 e. The average Bonchev–Trinajstić information content (AvgIpc) is 2.61. The zero-order chi connectivity index (χ0) is 18.2. The van der Waals surface area contributed by atoms with E-state index in [1.165, 1.54) is 0 Å². The fraction of sp³-hybridized carbons (Fsp3) is 0.350. The smallest absolute Gasteiger partial charge is 0.315 e. The molecule has 5 nitrogen and oxygen atoms in total. The maximum atomic E-state index is 12.3. The van der Waals surface area contributed by atoms with Crippen LogP contribution in [0.15, 0.2) is 48.5 Å². The standard InChI is InChI=1S/C20H26N2O3/c1-14-9-10-19(25-3)18(11-14)15(2)21-20(24)22-17(13-23)12-16-7-5-4-6-8-16/h4-11,15,17,23H,12-13H2,1-3H3,(H2,21,22,24). The molecule has 2 unspecified atom stereocenters. The van der Waals surface area contributed by atoms with Gasteiger partial charge in [0.15, 0.2) is 0 Å². The number of aliphatic hydroxyl groups is 1. The van der Waals surface area contributed by atoms with Gasteiger partial charge in [0.2, 0.25) is 0 Å². The molecular weight excluding hydrogens is 316 g/mol. The molecule has 0 aliphatic carbocycles. The number of hydrogen-bond donors (Lipinski definition) is 3. The number of hydrogen-bond acceptors (Lipinski definition) is 3. The maximum Gasteiger partial charge on any atom is 0.315 e. The number of ether oxygens (including phenoxy) is 1. The number of methoxy groups -OCH3 is 1. The van der Waals surface area contributed by atoms with Crippen molar-refractivity contribution in [2.45, 2.75) is 32.4 Å². The largest absolute Gasteiger partial charge is 0.496 e. The lowest BCUT2D eigenvalue weighted by molar-refractivity contribution is 0.213. The van der Waals surface area contributed by atoms with Gasteiger partial charge in [0.25, 0.3) is 0 Å². The zero-order valence-electron chi connectivity index (χ0n) is 15.0. The lowest BCUT2D eigenvalue weighted by Crippen LogP contribution is -2.45. The Hall–Kier alpha value is -2.53. The predicted molar refractivity (Wildman–Crippen MR) is 98.8 cm³/mol. The van der Waals surface area contributed by atoms with Crippen LogP contribution in [0.2, 0.25) is 0 Å². The molecule has 0 aliphatic rings. The van der Waals surface area contributed by atoms with Crippen LogP contribution in [0.5, 0.6) is 5.75 Å². The van der Waals surface area contributed by atoms with E-state index in [9.17, 15) is 9.90 Å². The fourth-order valence-electron chi connectivity index (χ4n) is 2.75. The van der Waals surface area contributed by atoms with Gasteiger partial charge in [0.1, 0.15) is 5.75 Å². The first-order valence-electron chi connectivity index (χ1n) is 8.39. The molecule has 0 spiro atoms. The number of benzene rings is 2. The van der Waals surface area contributed by atoms with Gasteiger partial charge in [-0.05, 0) is 31.9 Å². The summed E-state index contributed by atoms with van der Waals surface area (Å²) in [6.07, 6.45) is 0.576. The molecule has 2 rings (SSSR count). The van der Waals surface area contributed by atoms with Crippen molar-refractivity contribution in [2.75, 3.05) is 13.7 Å². The van der Waals surface area contributed by atoms with Crippen LogP contribution in [0.25, 0.3) is 0 Å². The molecule has 2 aromatic rings. The van der Waals surface area contributed by atoms with Gasteiger partial charge in [0, 0.05) is 5.56 Å². The summed E-state index contributed by atoms with van der Waals surface area (Å²) in [6, 6.07) is 14.8. The number of rotatable bonds is 7. The average molecular weight is 342 g/mol. The highest BCUT2D eigenvalue weighted by Crippen LogP contribution is 2.25. The van der Waals surface area contributed by atoms with Crippen LogP contribution in [-0.2, 0) is 6.42 Å². The van der Waals surface area contributed by atoms with E-state index >= 15 is 0 Å². The summed E-state index contributed by atoms with van der Waals surface area (Å²) in [5.74, 6) is 0.737. The van der Waals surface area contributed by atoms with E-state index in [4.69, 9.17) is 4.74 Å². The number of carbonyl (C=O) groups is 1. The molecule has 2 aromatic carbocycles. The minimum absolute atomic E-state index is 0.121. The summed E-state index contributed by atoms with van der Waals surface area (Å²) in [5.41, 5.74) is 3.08. The number of aryl methyl sites for hydroxylation is 1. The first-order chi connectivity index (χ1) is 12.0. The van der Waals surface area contributed by atoms with Crippen molar-refractivity contribution >= 4 is 6.03 Å². The Morgan fingerprint density at radius 1 is 1.16 bits per heavy atom. The van der Waals surface area contributed by atoms with Crippen LogP contribution < -0.4 is 15.4 Å². The van der Waals surface area contributed by atoms with E-state index < -0.39 is 0 Å². The van der Waals surface area contributed by atoms with Crippen molar-refractivity contribution in [3.63, 3.8) is 0 Å². The van der Waals surface area contributed by atoms with Crippen LogP contribution in [-0.4, -0.2) is 30.9 Å². The van der Waals surface area contributed by atoms with E-state index in [-0.39, 0.29) is 24.7 Å². The second-order valence-corrected chi connectivity index (χ2v) is 6.15. The van der Waals surface area contributed by atoms with Crippen molar-refractivity contribution in [3.8, 4) is 5.75 Å². The summed E-state index contributed by atoms with van der Waals surface area (Å²) in [4.78, 5) is 12.3. The Morgan fingerprint density at radius 2 is 1.88 bits per heavy atom. The normalized spacial score (nSPS) is 13.0. The van der Waals surface area contributed by atoms with Gasteiger partial charge < -0.3 is 20.5 Å². The first kappa shape index (κ1) is 18.8. The number of urea groups is 1. The van der Waals surface area contributed by atoms with Crippen LogP contribution in [0.1, 0.15) is 29.7 Å². The molecule has 0 saturated carbocycles. The highest BCUT2D eigenvalue weighted by molar-refractivity contribution is 5.75. The molecule has 2 atom stereocenters. The third-order valence-corrected chi connectivity index (χ3v) is 4.08. The van der Waals surface area contributed by atoms with Crippen LogP contribution in [0.3, 0.4) is 0 Å². The summed E-state index contributed by atoms with van der Waals surface area (Å²) in [7, 11) is 1.61. The molecule has 0 heterocycles. The van der Waals surface area contributed by atoms with E-state index in [0.29, 0.717) is 6.42 Å². The van der Waals surface area contributed by atoms with Crippen molar-refractivity contribution < 1.29 is 14.6 Å². The number of carbonyl (C=O) groups excluding carboxylic acids is 1. The summed E-state index contributed by atoms with van der Waals surface area (Å²) in [6.45, 7) is 3.78. The molecule has 0 saturated heterocycles. The monoisotopic (exact) mass is 342 g/mol. The second-order valence-electron chi connectivity index (χ2n) is 6.15. The Morgan fingerprint density at radius 3 is 2.52 bits per heavy atom. The topological polar surface area (TPSA) is 70.6 Å². The van der Waals surface area contributed by atoms with E-state index in [0.717, 1.165) is 22.4 Å². The fourth-order valence-corrected chi connectivity index (χ4v) is 2.75. The quantitative estimate of drug-likeness (QED) is 0.724. The Balaban J connectivity index is 1.97. The first-order valence-corrected chi connectivity index (χ1v) is 8.39. The molecule has 0 aliphatic heterocycles. The van der Waals surface area contributed by atoms with Gasteiger partial charge in [0.05, 0.1) is 25.8 Å². The maximum absolute atomic E-state index is 12.3. The Kier molecular flexibility index (Phi) is 6.83. The van der Waals surface area contributed by atoms with Crippen molar-refractivity contribution in [1.82, 2.24) is 10.6 Å². The van der Waals surface area contributed by atoms with Gasteiger partial charge in [-0.15, -0.1) is 0 Å². The Labute approximate surface area is 149 Å². The third kappa shape index (κ3) is 5.50. The van der Waals surface area contributed by atoms with Crippen molar-refractivity contribution in [3.05, 3.63) is 65.2 Å². The molecule has 0 bridgehead atoms. The molecule has 2 amide bonds. The predicted octanol–water partition coefficient (Wildman–Crippen LogP) is 2.97. The highest BCUT2D eigenvalue weighted by Gasteiger charge is 2.17. The van der Waals surface area contributed by atoms with Gasteiger partial charge in [-0.2, -0.15) is 0 Å². The molecule has 134 valence electrons. The van der Waals surface area contributed by atoms with Crippen molar-refractivity contribution in [2.24, 2.45) is 0 Å². The number of aliphatic hydroxyl groups excluding tert-OH is 1. The highest BCUT2D eigenvalue weighted by atomic mass is 16.5. The summed E-state index contributed by atoms with van der Waals surface area (Å²) in [5, 5.41) is 15.3. The van der Waals surface area contributed by atoms with E-state index in [1.807, 2.05) is 62.4 Å². The molecule has 5 heteroatoms. The zero-order valence-corrected chi connectivity index (χ0v) is 15.0. The molecule has 25 heavy (non-hydrogen) atoms. The van der Waals surface area contributed by atoms with E-state index in [1.54, 1.807) is 7.11 Å². The van der Waals surface area contributed by atoms with Crippen molar-refractivity contribution in [1.29, 1.82) is 0 Å². The SMILES string of the molecule is COc1ccc(C)cc1C(C)NC(=O)NC(CO)Cc1ccccc1. The molecule has 0 fully saturated rings. The van der Waals surface area contributed by atoms with Crippen LogP contribution in [0.4, 0.5) is 4.79 Å². The number of amides is 2. The summed E-state index contributed by atoms with van der Waals surface area (Å²) >= 11 is 0. The van der Waals surface area contributed by atoms with Crippen LogP contribution >= 0.6 is 0 Å². The lowest BCUT2D eigenvalue weighted by Gasteiger charge is -2.21. The van der Waals surface area contributed by atoms with Gasteiger partial charge in [-0.1, -0.05) is 48.0 Å². The Bertz CT molecular complexity index is 689. The second kappa shape index (κ2) is 9.08. The molecule has 0 aromatic heterocycles. The molecule has 0 radical (unpaired) electrons. The molecule has 3 N–H and O–H groups in total. The van der Waals surface area contributed by atoms with Crippen LogP contribution in [0, 0.1) is 6.92 Å². The third-order valence-electron chi connectivity index (χ3n) is 4.08. The summed E-state index contributed by atoms with van der Waals surface area (Å²) < 4.78 is 5.37. The van der Waals surface area contributed by atoms with Gasteiger partial charge >= 0.3 is 6.03 Å². The van der Waals surface area contributed by atoms with E-state index in [2.05, 4.69) is 10.6 Å². The minimum atomic E-state index is -0.339. The molecular formula is C20H26N2O3.